The van der Waals surface area contributed by atoms with Crippen molar-refractivity contribution in [3.05, 3.63) is 24.0 Å². The number of ether oxygens (including phenoxy) is 1. The molecule has 2 N–H and O–H groups in total. The number of aromatic nitrogens is 2. The van der Waals surface area contributed by atoms with Crippen LogP contribution in [0.15, 0.2) is 18.2 Å². The first-order chi connectivity index (χ1) is 7.65. The van der Waals surface area contributed by atoms with E-state index in [4.69, 9.17) is 10.5 Å². The summed E-state index contributed by atoms with van der Waals surface area (Å²) in [5.74, 6) is 1.36. The highest BCUT2D eigenvalue weighted by Gasteiger charge is 2.14. The van der Waals surface area contributed by atoms with E-state index in [2.05, 4.69) is 23.4 Å². The van der Waals surface area contributed by atoms with Crippen LogP contribution in [0.2, 0.25) is 0 Å². The Bertz CT molecular complexity index is 502. The number of para-hydroxylation sites is 1. The highest BCUT2D eigenvalue weighted by molar-refractivity contribution is 5.87. The first-order valence-corrected chi connectivity index (χ1v) is 5.38. The number of methoxy groups -OCH3 is 1. The van der Waals surface area contributed by atoms with Crippen LogP contribution in [0.4, 0.5) is 5.69 Å². The smallest absolute Gasteiger partial charge is 0.124 e. The zero-order chi connectivity index (χ0) is 11.7. The van der Waals surface area contributed by atoms with Crippen molar-refractivity contribution >= 4 is 16.7 Å². The van der Waals surface area contributed by atoms with Crippen molar-refractivity contribution in [2.45, 2.75) is 26.5 Å². The normalized spacial score (nSPS) is 11.5. The molecule has 0 bridgehead atoms. The molecule has 2 rings (SSSR count). The van der Waals surface area contributed by atoms with Crippen LogP contribution < -0.4 is 5.73 Å². The summed E-state index contributed by atoms with van der Waals surface area (Å²) in [5, 5.41) is 0. The second kappa shape index (κ2) is 4.14. The molecule has 0 aliphatic rings. The molecule has 0 saturated carbocycles. The number of fused-ring (bicyclic) bond motifs is 1. The van der Waals surface area contributed by atoms with Crippen LogP contribution in [-0.2, 0) is 11.5 Å². The number of nitrogens with zero attached hydrogens (tertiary/aromatic N) is 2. The van der Waals surface area contributed by atoms with E-state index < -0.39 is 0 Å². The Morgan fingerprint density at radius 3 is 2.81 bits per heavy atom. The van der Waals surface area contributed by atoms with E-state index in [0.29, 0.717) is 18.3 Å². The van der Waals surface area contributed by atoms with E-state index >= 15 is 0 Å². The van der Waals surface area contributed by atoms with Crippen molar-refractivity contribution in [3.8, 4) is 0 Å². The maximum absolute atomic E-state index is 5.92. The molecule has 1 aromatic heterocycles. The molecule has 0 unspecified atom stereocenters. The number of imidazole rings is 1. The van der Waals surface area contributed by atoms with Crippen LogP contribution in [0.3, 0.4) is 0 Å². The van der Waals surface area contributed by atoms with Gasteiger partial charge in [0, 0.05) is 13.0 Å². The van der Waals surface area contributed by atoms with E-state index in [1.54, 1.807) is 7.11 Å². The Labute approximate surface area is 95.0 Å². The molecular formula is C12H17N3O. The van der Waals surface area contributed by atoms with Crippen molar-refractivity contribution in [1.29, 1.82) is 0 Å². The number of nitrogens with two attached hydrogens (primary N) is 1. The van der Waals surface area contributed by atoms with Gasteiger partial charge in [0.2, 0.25) is 0 Å². The van der Waals surface area contributed by atoms with Gasteiger partial charge in [-0.1, -0.05) is 19.9 Å². The molecular weight excluding hydrogens is 202 g/mol. The van der Waals surface area contributed by atoms with Crippen molar-refractivity contribution in [1.82, 2.24) is 9.55 Å². The number of hydrogen-bond acceptors (Lipinski definition) is 3. The zero-order valence-electron chi connectivity index (χ0n) is 9.90. The Morgan fingerprint density at radius 2 is 2.19 bits per heavy atom. The number of anilines is 1. The van der Waals surface area contributed by atoms with Gasteiger partial charge in [-0.25, -0.2) is 4.98 Å². The molecule has 1 aromatic carbocycles. The van der Waals surface area contributed by atoms with Gasteiger partial charge >= 0.3 is 0 Å². The molecule has 1 heterocycles. The zero-order valence-corrected chi connectivity index (χ0v) is 9.90. The molecule has 2 aromatic rings. The van der Waals surface area contributed by atoms with E-state index in [1.165, 1.54) is 0 Å². The minimum Gasteiger partial charge on any atom is -0.397 e. The summed E-state index contributed by atoms with van der Waals surface area (Å²) >= 11 is 0. The SMILES string of the molecule is COCn1c(C(C)C)nc2c(N)cccc21. The monoisotopic (exact) mass is 219 g/mol. The molecule has 0 fully saturated rings. The molecule has 0 aliphatic carbocycles. The maximum Gasteiger partial charge on any atom is 0.124 e. The number of hydrogen-bond donors (Lipinski definition) is 1. The molecule has 86 valence electrons. The van der Waals surface area contributed by atoms with Gasteiger partial charge < -0.3 is 15.0 Å². The first-order valence-electron chi connectivity index (χ1n) is 5.38. The fourth-order valence-corrected chi connectivity index (χ4v) is 1.89. The third-order valence-corrected chi connectivity index (χ3v) is 2.61. The predicted molar refractivity (Wildman–Crippen MR) is 65.2 cm³/mol. The van der Waals surface area contributed by atoms with Gasteiger partial charge in [-0.05, 0) is 12.1 Å². The van der Waals surface area contributed by atoms with Crippen molar-refractivity contribution in [3.63, 3.8) is 0 Å². The molecule has 0 radical (unpaired) electrons. The van der Waals surface area contributed by atoms with Crippen LogP contribution >= 0.6 is 0 Å². The average molecular weight is 219 g/mol. The second-order valence-corrected chi connectivity index (χ2v) is 4.19. The summed E-state index contributed by atoms with van der Waals surface area (Å²) in [6, 6.07) is 5.83. The summed E-state index contributed by atoms with van der Waals surface area (Å²) in [7, 11) is 1.68. The minimum atomic E-state index is 0.349. The summed E-state index contributed by atoms with van der Waals surface area (Å²) in [4.78, 5) is 4.59. The fourth-order valence-electron chi connectivity index (χ4n) is 1.89. The quantitative estimate of drug-likeness (QED) is 0.806. The summed E-state index contributed by atoms with van der Waals surface area (Å²) < 4.78 is 7.27. The lowest BCUT2D eigenvalue weighted by Gasteiger charge is -2.09. The number of benzene rings is 1. The largest absolute Gasteiger partial charge is 0.397 e. The molecule has 4 nitrogen and oxygen atoms in total. The van der Waals surface area contributed by atoms with E-state index in [1.807, 2.05) is 18.2 Å². The lowest BCUT2D eigenvalue weighted by Crippen LogP contribution is -2.06. The number of rotatable bonds is 3. The van der Waals surface area contributed by atoms with Crippen LogP contribution in [0.25, 0.3) is 11.0 Å². The first kappa shape index (κ1) is 11.0. The topological polar surface area (TPSA) is 53.1 Å². The Balaban J connectivity index is 2.70. The number of nitrogen functional groups attached to an aromatic ring is 1. The van der Waals surface area contributed by atoms with Crippen molar-refractivity contribution < 1.29 is 4.74 Å². The van der Waals surface area contributed by atoms with Gasteiger partial charge in [0.05, 0.1) is 11.2 Å². The predicted octanol–water partition coefficient (Wildman–Crippen LogP) is 2.35. The van der Waals surface area contributed by atoms with Crippen molar-refractivity contribution in [2.24, 2.45) is 0 Å². The molecule has 4 heteroatoms. The fraction of sp³-hybridized carbons (Fsp3) is 0.417. The maximum atomic E-state index is 5.92. The van der Waals surface area contributed by atoms with Gasteiger partial charge in [-0.3, -0.25) is 0 Å². The molecule has 16 heavy (non-hydrogen) atoms. The third-order valence-electron chi connectivity index (χ3n) is 2.61. The summed E-state index contributed by atoms with van der Waals surface area (Å²) in [5.41, 5.74) is 8.53. The lowest BCUT2D eigenvalue weighted by atomic mass is 10.2. The Morgan fingerprint density at radius 1 is 1.44 bits per heavy atom. The molecule has 0 aliphatic heterocycles. The Hall–Kier alpha value is -1.55. The van der Waals surface area contributed by atoms with E-state index in [0.717, 1.165) is 16.9 Å². The highest BCUT2D eigenvalue weighted by atomic mass is 16.5. The minimum absolute atomic E-state index is 0.349. The van der Waals surface area contributed by atoms with Crippen LogP contribution in [0, 0.1) is 0 Å². The van der Waals surface area contributed by atoms with Crippen LogP contribution in [0.1, 0.15) is 25.6 Å². The van der Waals surface area contributed by atoms with Gasteiger partial charge in [0.25, 0.3) is 0 Å². The van der Waals surface area contributed by atoms with Gasteiger partial charge in [0.15, 0.2) is 0 Å². The van der Waals surface area contributed by atoms with Gasteiger partial charge in [0.1, 0.15) is 18.1 Å². The Kier molecular flexibility index (Phi) is 2.83. The van der Waals surface area contributed by atoms with Gasteiger partial charge in [-0.15, -0.1) is 0 Å². The molecule has 0 saturated heterocycles. The van der Waals surface area contributed by atoms with Crippen LogP contribution in [-0.4, -0.2) is 16.7 Å². The van der Waals surface area contributed by atoms with Crippen molar-refractivity contribution in [2.75, 3.05) is 12.8 Å². The second-order valence-electron chi connectivity index (χ2n) is 4.19. The van der Waals surface area contributed by atoms with Gasteiger partial charge in [-0.2, -0.15) is 0 Å². The molecule has 0 amide bonds. The highest BCUT2D eigenvalue weighted by Crippen LogP contribution is 2.25. The summed E-state index contributed by atoms with van der Waals surface area (Å²) in [6.45, 7) is 4.74. The summed E-state index contributed by atoms with van der Waals surface area (Å²) in [6.07, 6.45) is 0. The lowest BCUT2D eigenvalue weighted by molar-refractivity contribution is 0.131. The molecule has 0 atom stereocenters. The standard InChI is InChI=1S/C12H17N3O/c1-8(2)12-14-11-9(13)5-4-6-10(11)15(12)7-16-3/h4-6,8H,7,13H2,1-3H3. The molecule has 0 spiro atoms. The average Bonchev–Trinajstić information content (AvgIpc) is 2.60. The van der Waals surface area contributed by atoms with E-state index in [9.17, 15) is 0 Å². The van der Waals surface area contributed by atoms with E-state index in [-0.39, 0.29) is 0 Å². The third kappa shape index (κ3) is 1.65. The van der Waals surface area contributed by atoms with Crippen LogP contribution in [0.5, 0.6) is 0 Å².